The summed E-state index contributed by atoms with van der Waals surface area (Å²) in [5.74, 6) is 0.425. The van der Waals surface area contributed by atoms with Crippen molar-refractivity contribution in [1.82, 2.24) is 9.88 Å². The fraction of sp³-hybridized carbons (Fsp3) is 0.167. The van der Waals surface area contributed by atoms with Crippen molar-refractivity contribution in [2.75, 3.05) is 7.05 Å². The molecule has 0 aliphatic rings. The summed E-state index contributed by atoms with van der Waals surface area (Å²) in [4.78, 5) is 6.49. The van der Waals surface area contributed by atoms with Crippen molar-refractivity contribution < 1.29 is 8.81 Å². The normalized spacial score (nSPS) is 11.0. The monoisotopic (exact) mass is 296 g/mol. The first-order valence-electron chi connectivity index (χ1n) is 7.14. The van der Waals surface area contributed by atoms with Gasteiger partial charge < -0.3 is 4.42 Å². The van der Waals surface area contributed by atoms with Crippen LogP contribution in [-0.4, -0.2) is 16.9 Å². The van der Waals surface area contributed by atoms with Crippen LogP contribution in [0.3, 0.4) is 0 Å². The third kappa shape index (κ3) is 3.40. The van der Waals surface area contributed by atoms with Crippen molar-refractivity contribution in [1.29, 1.82) is 0 Å². The molecule has 0 bridgehead atoms. The van der Waals surface area contributed by atoms with Gasteiger partial charge in [0.25, 0.3) is 0 Å². The zero-order chi connectivity index (χ0) is 15.4. The van der Waals surface area contributed by atoms with Crippen LogP contribution in [0.2, 0.25) is 0 Å². The average Bonchev–Trinajstić information content (AvgIpc) is 2.99. The van der Waals surface area contributed by atoms with E-state index < -0.39 is 0 Å². The lowest BCUT2D eigenvalue weighted by atomic mass is 10.2. The maximum Gasteiger partial charge on any atom is 0.226 e. The standard InChI is InChI=1S/C18H17FN2O/c1-21(11-15-9-5-6-10-17(15)19)12-16-13-22-18(20-16)14-7-3-2-4-8-14/h2-10,13H,11-12H2,1H3. The Morgan fingerprint density at radius 1 is 1.00 bits per heavy atom. The lowest BCUT2D eigenvalue weighted by Crippen LogP contribution is -2.18. The fourth-order valence-electron chi connectivity index (χ4n) is 2.34. The van der Waals surface area contributed by atoms with E-state index in [0.29, 0.717) is 24.5 Å². The Bertz CT molecular complexity index is 740. The second-order valence-corrected chi connectivity index (χ2v) is 5.27. The Hall–Kier alpha value is -2.46. The van der Waals surface area contributed by atoms with Gasteiger partial charge in [0.05, 0.1) is 5.69 Å². The Morgan fingerprint density at radius 3 is 2.50 bits per heavy atom. The first-order chi connectivity index (χ1) is 10.7. The van der Waals surface area contributed by atoms with E-state index in [4.69, 9.17) is 4.42 Å². The quantitative estimate of drug-likeness (QED) is 0.709. The van der Waals surface area contributed by atoms with Crippen LogP contribution in [0.4, 0.5) is 4.39 Å². The van der Waals surface area contributed by atoms with Crippen LogP contribution in [-0.2, 0) is 13.1 Å². The van der Waals surface area contributed by atoms with Crippen molar-refractivity contribution in [3.8, 4) is 11.5 Å². The third-order valence-corrected chi connectivity index (χ3v) is 3.40. The molecule has 0 fully saturated rings. The molecule has 0 N–H and O–H groups in total. The molecule has 0 unspecified atom stereocenters. The molecule has 0 aliphatic carbocycles. The Kier molecular flexibility index (Phi) is 4.30. The van der Waals surface area contributed by atoms with E-state index >= 15 is 0 Å². The molecule has 22 heavy (non-hydrogen) atoms. The number of benzene rings is 2. The van der Waals surface area contributed by atoms with Gasteiger partial charge in [-0.1, -0.05) is 36.4 Å². The molecule has 1 heterocycles. The van der Waals surface area contributed by atoms with E-state index in [-0.39, 0.29) is 5.82 Å². The molecule has 0 saturated heterocycles. The van der Waals surface area contributed by atoms with Crippen molar-refractivity contribution in [2.45, 2.75) is 13.1 Å². The summed E-state index contributed by atoms with van der Waals surface area (Å²) >= 11 is 0. The molecule has 0 spiro atoms. The van der Waals surface area contributed by atoms with Crippen LogP contribution in [0.5, 0.6) is 0 Å². The molecule has 4 heteroatoms. The number of hydrogen-bond donors (Lipinski definition) is 0. The molecule has 3 rings (SSSR count). The van der Waals surface area contributed by atoms with Crippen LogP contribution in [0.1, 0.15) is 11.3 Å². The molecule has 112 valence electrons. The van der Waals surface area contributed by atoms with Gasteiger partial charge in [-0.25, -0.2) is 9.37 Å². The van der Waals surface area contributed by atoms with Gasteiger partial charge in [-0.15, -0.1) is 0 Å². The molecule has 1 aromatic heterocycles. The summed E-state index contributed by atoms with van der Waals surface area (Å²) in [7, 11) is 1.93. The minimum absolute atomic E-state index is 0.181. The third-order valence-electron chi connectivity index (χ3n) is 3.40. The molecule has 3 aromatic rings. The van der Waals surface area contributed by atoms with Gasteiger partial charge in [0, 0.05) is 24.2 Å². The highest BCUT2D eigenvalue weighted by Crippen LogP contribution is 2.19. The van der Waals surface area contributed by atoms with Gasteiger partial charge in [-0.2, -0.15) is 0 Å². The van der Waals surface area contributed by atoms with E-state index in [1.165, 1.54) is 6.07 Å². The zero-order valence-electron chi connectivity index (χ0n) is 12.4. The Balaban J connectivity index is 1.66. The average molecular weight is 296 g/mol. The molecule has 0 amide bonds. The molecule has 3 nitrogen and oxygen atoms in total. The number of hydrogen-bond acceptors (Lipinski definition) is 3. The van der Waals surface area contributed by atoms with Gasteiger partial charge in [-0.3, -0.25) is 4.90 Å². The van der Waals surface area contributed by atoms with Crippen LogP contribution in [0, 0.1) is 5.82 Å². The highest BCUT2D eigenvalue weighted by Gasteiger charge is 2.10. The van der Waals surface area contributed by atoms with E-state index in [1.807, 2.05) is 48.3 Å². The molecule has 0 aliphatic heterocycles. The fourth-order valence-corrected chi connectivity index (χ4v) is 2.34. The Morgan fingerprint density at radius 2 is 1.73 bits per heavy atom. The number of rotatable bonds is 5. The summed E-state index contributed by atoms with van der Waals surface area (Å²) in [5, 5.41) is 0. The van der Waals surface area contributed by atoms with E-state index in [1.54, 1.807) is 18.4 Å². The summed E-state index contributed by atoms with van der Waals surface area (Å²) in [6.07, 6.45) is 1.65. The highest BCUT2D eigenvalue weighted by molar-refractivity contribution is 5.52. The second-order valence-electron chi connectivity index (χ2n) is 5.27. The van der Waals surface area contributed by atoms with Crippen LogP contribution < -0.4 is 0 Å². The van der Waals surface area contributed by atoms with Crippen molar-refractivity contribution in [3.63, 3.8) is 0 Å². The largest absolute Gasteiger partial charge is 0.444 e. The van der Waals surface area contributed by atoms with E-state index in [2.05, 4.69) is 4.98 Å². The summed E-state index contributed by atoms with van der Waals surface area (Å²) in [6, 6.07) is 16.6. The van der Waals surface area contributed by atoms with Gasteiger partial charge in [0.15, 0.2) is 0 Å². The highest BCUT2D eigenvalue weighted by atomic mass is 19.1. The smallest absolute Gasteiger partial charge is 0.226 e. The zero-order valence-corrected chi connectivity index (χ0v) is 12.4. The molecule has 0 saturated carbocycles. The first-order valence-corrected chi connectivity index (χ1v) is 7.14. The number of nitrogens with zero attached hydrogens (tertiary/aromatic N) is 2. The van der Waals surface area contributed by atoms with Gasteiger partial charge in [0.1, 0.15) is 12.1 Å². The molecule has 2 aromatic carbocycles. The predicted molar refractivity (Wildman–Crippen MR) is 83.5 cm³/mol. The predicted octanol–water partition coefficient (Wildman–Crippen LogP) is 4.11. The number of aromatic nitrogens is 1. The van der Waals surface area contributed by atoms with Crippen molar-refractivity contribution >= 4 is 0 Å². The van der Waals surface area contributed by atoms with E-state index in [9.17, 15) is 4.39 Å². The maximum absolute atomic E-state index is 13.7. The summed E-state index contributed by atoms with van der Waals surface area (Å²) in [6.45, 7) is 1.13. The molecular formula is C18H17FN2O. The first kappa shape index (κ1) is 14.5. The maximum atomic E-state index is 13.7. The van der Waals surface area contributed by atoms with E-state index in [0.717, 1.165) is 11.3 Å². The minimum Gasteiger partial charge on any atom is -0.444 e. The van der Waals surface area contributed by atoms with Gasteiger partial charge in [-0.05, 0) is 25.2 Å². The molecule has 0 radical (unpaired) electrons. The van der Waals surface area contributed by atoms with Gasteiger partial charge in [0.2, 0.25) is 5.89 Å². The van der Waals surface area contributed by atoms with Crippen molar-refractivity contribution in [2.24, 2.45) is 0 Å². The van der Waals surface area contributed by atoms with Crippen molar-refractivity contribution in [3.05, 3.63) is 77.9 Å². The summed E-state index contributed by atoms with van der Waals surface area (Å²) < 4.78 is 19.2. The SMILES string of the molecule is CN(Cc1coc(-c2ccccc2)n1)Cc1ccccc1F. The second kappa shape index (κ2) is 6.54. The molecule has 0 atom stereocenters. The number of oxazole rings is 1. The van der Waals surface area contributed by atoms with Crippen LogP contribution >= 0.6 is 0 Å². The van der Waals surface area contributed by atoms with Crippen LogP contribution in [0.25, 0.3) is 11.5 Å². The lowest BCUT2D eigenvalue weighted by molar-refractivity contribution is 0.309. The minimum atomic E-state index is -0.181. The molecular weight excluding hydrogens is 279 g/mol. The van der Waals surface area contributed by atoms with Crippen LogP contribution in [0.15, 0.2) is 65.3 Å². The summed E-state index contributed by atoms with van der Waals surface area (Å²) in [5.41, 5.74) is 2.46. The number of halogens is 1. The lowest BCUT2D eigenvalue weighted by Gasteiger charge is -2.15. The topological polar surface area (TPSA) is 29.3 Å². The Labute approximate surface area is 129 Å². The van der Waals surface area contributed by atoms with Gasteiger partial charge >= 0.3 is 0 Å².